The zero-order chi connectivity index (χ0) is 24.4. The normalized spacial score (nSPS) is 19.2. The number of amides is 3. The van der Waals surface area contributed by atoms with Crippen molar-refractivity contribution in [3.63, 3.8) is 0 Å². The first-order valence-electron chi connectivity index (χ1n) is 10.7. The molecule has 0 radical (unpaired) electrons. The van der Waals surface area contributed by atoms with Crippen LogP contribution in [0.2, 0.25) is 0 Å². The van der Waals surface area contributed by atoms with E-state index in [1.54, 1.807) is 0 Å². The molecule has 1 fully saturated rings. The van der Waals surface area contributed by atoms with E-state index in [1.165, 1.54) is 31.2 Å². The molecular weight excluding hydrogens is 452 g/mol. The second-order valence-electron chi connectivity index (χ2n) is 7.90. The van der Waals surface area contributed by atoms with Crippen LogP contribution in [0, 0.1) is 0 Å². The summed E-state index contributed by atoms with van der Waals surface area (Å²) >= 11 is 1.43. The van der Waals surface area contributed by atoms with Gasteiger partial charge < -0.3 is 36.5 Å². The maximum absolute atomic E-state index is 13.0. The summed E-state index contributed by atoms with van der Waals surface area (Å²) in [5.74, 6) is -2.55. The summed E-state index contributed by atoms with van der Waals surface area (Å²) < 4.78 is 0. The van der Waals surface area contributed by atoms with Crippen LogP contribution in [-0.4, -0.2) is 92.7 Å². The molecule has 0 spiro atoms. The number of carbonyl (C=O) groups excluding carboxylic acids is 3. The second-order valence-corrected chi connectivity index (χ2v) is 8.88. The van der Waals surface area contributed by atoms with Gasteiger partial charge >= 0.3 is 5.97 Å². The number of rotatable bonds is 13. The molecule has 0 aromatic carbocycles. The number of aromatic nitrogens is 2. The van der Waals surface area contributed by atoms with Crippen LogP contribution in [0.5, 0.6) is 0 Å². The van der Waals surface area contributed by atoms with E-state index in [4.69, 9.17) is 0 Å². The lowest BCUT2D eigenvalue weighted by Crippen LogP contribution is -2.60. The first-order valence-corrected chi connectivity index (χ1v) is 12.1. The number of nitrogens with one attached hydrogen (secondary N) is 5. The number of H-pyrrole nitrogens is 1. The molecule has 2 rings (SSSR count). The summed E-state index contributed by atoms with van der Waals surface area (Å²) in [5.41, 5.74) is 0.593. The van der Waals surface area contributed by atoms with E-state index in [1.807, 2.05) is 6.26 Å². The number of carboxylic acids is 1. The Balaban J connectivity index is 2.10. The zero-order valence-corrected chi connectivity index (χ0v) is 19.5. The summed E-state index contributed by atoms with van der Waals surface area (Å²) in [6, 6.07) is -4.01. The van der Waals surface area contributed by atoms with Gasteiger partial charge in [-0.25, -0.2) is 9.78 Å². The van der Waals surface area contributed by atoms with E-state index in [2.05, 4.69) is 31.2 Å². The molecule has 5 unspecified atom stereocenters. The van der Waals surface area contributed by atoms with Crippen molar-refractivity contribution in [2.45, 2.75) is 62.9 Å². The Kier molecular flexibility index (Phi) is 10.6. The van der Waals surface area contributed by atoms with E-state index in [0.29, 0.717) is 24.4 Å². The van der Waals surface area contributed by atoms with Crippen molar-refractivity contribution in [3.05, 3.63) is 18.2 Å². The van der Waals surface area contributed by atoms with Crippen molar-refractivity contribution < 1.29 is 29.4 Å². The first kappa shape index (κ1) is 26.6. The minimum atomic E-state index is -1.40. The van der Waals surface area contributed by atoms with Gasteiger partial charge in [-0.15, -0.1) is 0 Å². The fourth-order valence-electron chi connectivity index (χ4n) is 3.42. The number of aliphatic hydroxyl groups excluding tert-OH is 1. The molecule has 5 atom stereocenters. The molecule has 1 saturated heterocycles. The van der Waals surface area contributed by atoms with E-state index in [-0.39, 0.29) is 18.7 Å². The predicted molar refractivity (Wildman–Crippen MR) is 121 cm³/mol. The van der Waals surface area contributed by atoms with Crippen molar-refractivity contribution in [3.8, 4) is 0 Å². The number of imidazole rings is 1. The average molecular weight is 485 g/mol. The van der Waals surface area contributed by atoms with Gasteiger partial charge in [-0.3, -0.25) is 14.4 Å². The molecule has 1 aliphatic rings. The van der Waals surface area contributed by atoms with Gasteiger partial charge in [0.2, 0.25) is 17.7 Å². The summed E-state index contributed by atoms with van der Waals surface area (Å²) in [7, 11) is 0. The highest BCUT2D eigenvalue weighted by atomic mass is 32.2. The molecule has 0 aliphatic carbocycles. The lowest BCUT2D eigenvalue weighted by Gasteiger charge is -2.26. The number of nitrogens with zero attached hydrogens (tertiary/aromatic N) is 1. The lowest BCUT2D eigenvalue weighted by molar-refractivity contribution is -0.143. The molecule has 0 saturated carbocycles. The minimum absolute atomic E-state index is 0.0872. The summed E-state index contributed by atoms with van der Waals surface area (Å²) in [5, 5.41) is 30.0. The van der Waals surface area contributed by atoms with E-state index in [0.717, 1.165) is 6.42 Å². The number of hydrogen-bond acceptors (Lipinski definition) is 8. The maximum Gasteiger partial charge on any atom is 0.326 e. The number of carbonyl (C=O) groups is 4. The van der Waals surface area contributed by atoms with Crippen molar-refractivity contribution in [1.82, 2.24) is 31.2 Å². The molecule has 1 aromatic heterocycles. The summed E-state index contributed by atoms with van der Waals surface area (Å²) in [6.07, 6.45) is 5.24. The smallest absolute Gasteiger partial charge is 0.326 e. The Bertz CT molecular complexity index is 799. The van der Waals surface area contributed by atoms with Gasteiger partial charge in [0.25, 0.3) is 0 Å². The highest BCUT2D eigenvalue weighted by molar-refractivity contribution is 7.98. The fraction of sp³-hybridized carbons (Fsp3) is 0.650. The van der Waals surface area contributed by atoms with E-state index >= 15 is 0 Å². The number of thioether (sulfide) groups is 1. The molecule has 0 bridgehead atoms. The molecular formula is C20H32N6O6S. The third-order valence-electron chi connectivity index (χ3n) is 5.28. The number of aliphatic carboxylic acids is 1. The van der Waals surface area contributed by atoms with Crippen LogP contribution in [-0.2, 0) is 25.6 Å². The molecule has 7 N–H and O–H groups in total. The number of hydrogen-bond donors (Lipinski definition) is 7. The highest BCUT2D eigenvalue weighted by Crippen LogP contribution is 2.08. The van der Waals surface area contributed by atoms with Gasteiger partial charge in [-0.2, -0.15) is 11.8 Å². The summed E-state index contributed by atoms with van der Waals surface area (Å²) in [6.45, 7) is 2.02. The highest BCUT2D eigenvalue weighted by Gasteiger charge is 2.33. The maximum atomic E-state index is 13.0. The second kappa shape index (κ2) is 13.2. The lowest BCUT2D eigenvalue weighted by atomic mass is 10.1. The van der Waals surface area contributed by atoms with Gasteiger partial charge in [0.1, 0.15) is 18.1 Å². The SMILES string of the molecule is CSCCC(NC(=O)C(NC(=O)C(Cc1cnc[nH]1)NC(=O)C1CCCN1)C(C)O)C(=O)O. The van der Waals surface area contributed by atoms with Crippen LogP contribution >= 0.6 is 11.8 Å². The fourth-order valence-corrected chi connectivity index (χ4v) is 3.89. The molecule has 33 heavy (non-hydrogen) atoms. The molecule has 13 heteroatoms. The van der Waals surface area contributed by atoms with Gasteiger partial charge in [0.05, 0.1) is 18.5 Å². The monoisotopic (exact) mass is 484 g/mol. The van der Waals surface area contributed by atoms with Gasteiger partial charge in [0, 0.05) is 18.3 Å². The van der Waals surface area contributed by atoms with Crippen LogP contribution in [0.4, 0.5) is 0 Å². The topological polar surface area (TPSA) is 186 Å². The predicted octanol–water partition coefficient (Wildman–Crippen LogP) is -1.62. The molecule has 184 valence electrons. The Morgan fingerprint density at radius 3 is 2.52 bits per heavy atom. The molecule has 1 aliphatic heterocycles. The Hall–Kier alpha value is -2.64. The van der Waals surface area contributed by atoms with Crippen LogP contribution in [0.25, 0.3) is 0 Å². The largest absolute Gasteiger partial charge is 0.480 e. The van der Waals surface area contributed by atoms with Crippen LogP contribution in [0.15, 0.2) is 12.5 Å². The van der Waals surface area contributed by atoms with Crippen LogP contribution in [0.1, 0.15) is 31.9 Å². The number of carboxylic acid groups (broad SMARTS) is 1. The van der Waals surface area contributed by atoms with Crippen molar-refractivity contribution in [2.75, 3.05) is 18.6 Å². The summed E-state index contributed by atoms with van der Waals surface area (Å²) in [4.78, 5) is 56.6. The van der Waals surface area contributed by atoms with Crippen molar-refractivity contribution >= 4 is 35.5 Å². The van der Waals surface area contributed by atoms with Gasteiger partial charge in [0.15, 0.2) is 0 Å². The minimum Gasteiger partial charge on any atom is -0.480 e. The van der Waals surface area contributed by atoms with E-state index < -0.39 is 48.1 Å². The van der Waals surface area contributed by atoms with E-state index in [9.17, 15) is 29.4 Å². The first-order chi connectivity index (χ1) is 15.7. The average Bonchev–Trinajstić information content (AvgIpc) is 3.47. The zero-order valence-electron chi connectivity index (χ0n) is 18.7. The van der Waals surface area contributed by atoms with Crippen LogP contribution < -0.4 is 21.3 Å². The van der Waals surface area contributed by atoms with Gasteiger partial charge in [-0.05, 0) is 44.7 Å². The molecule has 3 amide bonds. The number of aliphatic hydroxyl groups is 1. The molecule has 2 heterocycles. The Labute approximate surface area is 196 Å². The van der Waals surface area contributed by atoms with Crippen LogP contribution in [0.3, 0.4) is 0 Å². The quantitative estimate of drug-likeness (QED) is 0.173. The third-order valence-corrected chi connectivity index (χ3v) is 5.92. The molecule has 12 nitrogen and oxygen atoms in total. The van der Waals surface area contributed by atoms with Crippen molar-refractivity contribution in [2.24, 2.45) is 0 Å². The third kappa shape index (κ3) is 8.33. The standard InChI is InChI=1S/C20H32N6O6S/c1-11(27)16(19(30)24-14(20(31)32)5-7-33-2)26-18(29)15(8-12-9-21-10-23-12)25-17(28)13-4-3-6-22-13/h9-11,13-16,22,27H,3-8H2,1-2H3,(H,21,23)(H,24,30)(H,25,28)(H,26,29)(H,31,32). The Morgan fingerprint density at radius 2 is 1.97 bits per heavy atom. The van der Waals surface area contributed by atoms with Crippen molar-refractivity contribution in [1.29, 1.82) is 0 Å². The molecule has 1 aromatic rings. The number of aromatic amines is 1. The Morgan fingerprint density at radius 1 is 1.21 bits per heavy atom. The van der Waals surface area contributed by atoms with Gasteiger partial charge in [-0.1, -0.05) is 0 Å².